The van der Waals surface area contributed by atoms with Gasteiger partial charge in [0.25, 0.3) is 0 Å². The summed E-state index contributed by atoms with van der Waals surface area (Å²) in [4.78, 5) is 0. The highest BCUT2D eigenvalue weighted by Gasteiger charge is 2.13. The Morgan fingerprint density at radius 2 is 2.05 bits per heavy atom. The fraction of sp³-hybridized carbons (Fsp3) is 0.357. The molecule has 7 heteroatoms. The van der Waals surface area contributed by atoms with E-state index >= 15 is 0 Å². The van der Waals surface area contributed by atoms with Crippen LogP contribution >= 0.6 is 11.8 Å². The molecule has 2 heterocycles. The first-order valence-electron chi connectivity index (χ1n) is 6.90. The molecule has 0 unspecified atom stereocenters. The van der Waals surface area contributed by atoms with Gasteiger partial charge in [-0.05, 0) is 13.0 Å². The van der Waals surface area contributed by atoms with E-state index in [1.165, 1.54) is 5.39 Å². The van der Waals surface area contributed by atoms with Crippen LogP contribution in [0.15, 0.2) is 29.4 Å². The van der Waals surface area contributed by atoms with E-state index in [9.17, 15) is 0 Å². The van der Waals surface area contributed by atoms with Crippen molar-refractivity contribution >= 4 is 22.7 Å². The largest absolute Gasteiger partial charge is 0.324 e. The molecule has 0 spiro atoms. The number of benzene rings is 1. The lowest BCUT2D eigenvalue weighted by Crippen LogP contribution is -2.08. The number of fused-ring (bicyclic) bond motifs is 1. The normalized spacial score (nSPS) is 11.4. The van der Waals surface area contributed by atoms with Crippen molar-refractivity contribution in [2.45, 2.75) is 30.9 Å². The molecule has 0 aliphatic carbocycles. The zero-order valence-corrected chi connectivity index (χ0v) is 13.0. The SMILES string of the molecule is CCn1c(CN)nnc1SCc1nn(C)c2ccccc12. The maximum absolute atomic E-state index is 5.68. The van der Waals surface area contributed by atoms with Gasteiger partial charge in [-0.25, -0.2) is 0 Å². The van der Waals surface area contributed by atoms with E-state index in [1.54, 1.807) is 11.8 Å². The van der Waals surface area contributed by atoms with Crippen LogP contribution in [0.4, 0.5) is 0 Å². The van der Waals surface area contributed by atoms with Crippen LogP contribution in [-0.2, 0) is 25.9 Å². The molecule has 0 aliphatic heterocycles. The zero-order valence-electron chi connectivity index (χ0n) is 12.2. The predicted molar refractivity (Wildman–Crippen MR) is 83.9 cm³/mol. The van der Waals surface area contributed by atoms with Crippen LogP contribution in [0.25, 0.3) is 10.9 Å². The molecule has 110 valence electrons. The van der Waals surface area contributed by atoms with Crippen LogP contribution in [0.5, 0.6) is 0 Å². The summed E-state index contributed by atoms with van der Waals surface area (Å²) in [6, 6.07) is 8.26. The average Bonchev–Trinajstić information content (AvgIpc) is 3.06. The van der Waals surface area contributed by atoms with Crippen molar-refractivity contribution in [3.8, 4) is 0 Å². The van der Waals surface area contributed by atoms with Crippen LogP contribution in [-0.4, -0.2) is 24.5 Å². The van der Waals surface area contributed by atoms with Crippen molar-refractivity contribution in [1.82, 2.24) is 24.5 Å². The number of hydrogen-bond acceptors (Lipinski definition) is 5. The van der Waals surface area contributed by atoms with E-state index in [0.29, 0.717) is 6.54 Å². The Kier molecular flexibility index (Phi) is 3.94. The molecule has 0 atom stereocenters. The highest BCUT2D eigenvalue weighted by Crippen LogP contribution is 2.26. The molecule has 0 saturated heterocycles. The first kappa shape index (κ1) is 14.1. The van der Waals surface area contributed by atoms with Crippen molar-refractivity contribution in [3.05, 3.63) is 35.8 Å². The van der Waals surface area contributed by atoms with Gasteiger partial charge in [0.1, 0.15) is 5.82 Å². The van der Waals surface area contributed by atoms with Gasteiger partial charge in [-0.3, -0.25) is 4.68 Å². The number of nitrogens with two attached hydrogens (primary N) is 1. The Morgan fingerprint density at radius 1 is 1.24 bits per heavy atom. The lowest BCUT2D eigenvalue weighted by atomic mass is 10.2. The molecule has 1 aromatic carbocycles. The van der Waals surface area contributed by atoms with E-state index in [1.807, 2.05) is 23.9 Å². The third kappa shape index (κ3) is 2.54. The number of aryl methyl sites for hydroxylation is 1. The lowest BCUT2D eigenvalue weighted by molar-refractivity contribution is 0.643. The number of aromatic nitrogens is 5. The van der Waals surface area contributed by atoms with Gasteiger partial charge < -0.3 is 10.3 Å². The van der Waals surface area contributed by atoms with E-state index in [4.69, 9.17) is 5.73 Å². The summed E-state index contributed by atoms with van der Waals surface area (Å²) in [6.45, 7) is 3.31. The van der Waals surface area contributed by atoms with E-state index < -0.39 is 0 Å². The van der Waals surface area contributed by atoms with Gasteiger partial charge in [0, 0.05) is 24.7 Å². The van der Waals surface area contributed by atoms with E-state index in [0.717, 1.165) is 34.5 Å². The average molecular weight is 302 g/mol. The molecule has 0 bridgehead atoms. The van der Waals surface area contributed by atoms with Gasteiger partial charge in [-0.15, -0.1) is 10.2 Å². The quantitative estimate of drug-likeness (QED) is 0.729. The monoisotopic (exact) mass is 302 g/mol. The molecule has 6 nitrogen and oxygen atoms in total. The highest BCUT2D eigenvalue weighted by atomic mass is 32.2. The number of thioether (sulfide) groups is 1. The Bertz CT molecular complexity index is 760. The second-order valence-corrected chi connectivity index (χ2v) is 5.67. The molecular formula is C14H18N6S. The van der Waals surface area contributed by atoms with Gasteiger partial charge in [-0.2, -0.15) is 5.10 Å². The Morgan fingerprint density at radius 3 is 2.81 bits per heavy atom. The van der Waals surface area contributed by atoms with Crippen LogP contribution < -0.4 is 5.73 Å². The van der Waals surface area contributed by atoms with Crippen molar-refractivity contribution < 1.29 is 0 Å². The molecule has 0 aliphatic rings. The van der Waals surface area contributed by atoms with Crippen molar-refractivity contribution in [1.29, 1.82) is 0 Å². The fourth-order valence-electron chi connectivity index (χ4n) is 2.42. The smallest absolute Gasteiger partial charge is 0.191 e. The second-order valence-electron chi connectivity index (χ2n) is 4.72. The zero-order chi connectivity index (χ0) is 14.8. The number of nitrogens with zero attached hydrogens (tertiary/aromatic N) is 5. The Balaban J connectivity index is 1.85. The molecule has 0 amide bonds. The molecule has 0 radical (unpaired) electrons. The number of rotatable bonds is 5. The summed E-state index contributed by atoms with van der Waals surface area (Å²) in [6.07, 6.45) is 0. The van der Waals surface area contributed by atoms with Crippen LogP contribution in [0.2, 0.25) is 0 Å². The van der Waals surface area contributed by atoms with Gasteiger partial charge in [0.2, 0.25) is 0 Å². The van der Waals surface area contributed by atoms with E-state index in [2.05, 4.69) is 38.9 Å². The third-order valence-electron chi connectivity index (χ3n) is 3.46. The maximum Gasteiger partial charge on any atom is 0.191 e. The lowest BCUT2D eigenvalue weighted by Gasteiger charge is -2.04. The topological polar surface area (TPSA) is 74.6 Å². The van der Waals surface area contributed by atoms with Crippen LogP contribution in [0.1, 0.15) is 18.4 Å². The van der Waals surface area contributed by atoms with Crippen molar-refractivity contribution in [2.75, 3.05) is 0 Å². The summed E-state index contributed by atoms with van der Waals surface area (Å²) >= 11 is 1.65. The Labute approximate surface area is 127 Å². The Hall–Kier alpha value is -1.86. The minimum atomic E-state index is 0.411. The minimum Gasteiger partial charge on any atom is -0.324 e. The maximum atomic E-state index is 5.68. The fourth-order valence-corrected chi connectivity index (χ4v) is 3.39. The van der Waals surface area contributed by atoms with Gasteiger partial charge >= 0.3 is 0 Å². The third-order valence-corrected chi connectivity index (χ3v) is 4.44. The highest BCUT2D eigenvalue weighted by molar-refractivity contribution is 7.98. The van der Waals surface area contributed by atoms with Gasteiger partial charge in [-0.1, -0.05) is 30.0 Å². The summed E-state index contributed by atoms with van der Waals surface area (Å²) in [5.74, 6) is 1.59. The van der Waals surface area contributed by atoms with Crippen LogP contribution in [0, 0.1) is 0 Å². The summed E-state index contributed by atoms with van der Waals surface area (Å²) in [7, 11) is 1.97. The molecule has 3 rings (SSSR count). The first-order chi connectivity index (χ1) is 10.2. The summed E-state index contributed by atoms with van der Waals surface area (Å²) < 4.78 is 3.97. The van der Waals surface area contributed by atoms with Gasteiger partial charge in [0.05, 0.1) is 17.8 Å². The minimum absolute atomic E-state index is 0.411. The standard InChI is InChI=1S/C14H18N6S/c1-3-20-13(8-15)16-17-14(20)21-9-11-10-6-4-5-7-12(10)19(2)18-11/h4-7H,3,8-9,15H2,1-2H3. The molecule has 2 aromatic heterocycles. The van der Waals surface area contributed by atoms with E-state index in [-0.39, 0.29) is 0 Å². The summed E-state index contributed by atoms with van der Waals surface area (Å²) in [5, 5.41) is 15.0. The predicted octanol–water partition coefficient (Wildman–Crippen LogP) is 1.94. The second kappa shape index (κ2) is 5.87. The number of para-hydroxylation sites is 1. The molecule has 3 aromatic rings. The molecule has 2 N–H and O–H groups in total. The number of hydrogen-bond donors (Lipinski definition) is 1. The molecule has 0 saturated carbocycles. The van der Waals surface area contributed by atoms with Gasteiger partial charge in [0.15, 0.2) is 5.16 Å². The van der Waals surface area contributed by atoms with Crippen molar-refractivity contribution in [3.63, 3.8) is 0 Å². The van der Waals surface area contributed by atoms with Crippen LogP contribution in [0.3, 0.4) is 0 Å². The van der Waals surface area contributed by atoms with Crippen molar-refractivity contribution in [2.24, 2.45) is 12.8 Å². The summed E-state index contributed by atoms with van der Waals surface area (Å²) in [5.41, 5.74) is 7.89. The molecule has 21 heavy (non-hydrogen) atoms. The first-order valence-corrected chi connectivity index (χ1v) is 7.88. The molecular weight excluding hydrogens is 284 g/mol. The molecule has 0 fully saturated rings.